The van der Waals surface area contributed by atoms with Gasteiger partial charge in [0.2, 0.25) is 0 Å². The highest BCUT2D eigenvalue weighted by Crippen LogP contribution is 2.39. The van der Waals surface area contributed by atoms with E-state index in [1.54, 1.807) is 7.11 Å². The molecule has 16 heteroatoms. The molecule has 14 rings (SSSR count). The number of carbonyl (C=O) groups is 1. The van der Waals surface area contributed by atoms with Crippen LogP contribution in [0.4, 0.5) is 0 Å². The minimum Gasteiger partial charge on any atom is -0.493 e. The fourth-order valence-electron chi connectivity index (χ4n) is 21.9. The molecule has 7 fully saturated rings. The minimum atomic E-state index is -1.15. The van der Waals surface area contributed by atoms with E-state index < -0.39 is 17.8 Å². The monoisotopic (exact) mass is 2060 g/mol. The molecule has 8 atom stereocenters. The lowest BCUT2D eigenvalue weighted by molar-refractivity contribution is -0.124. The zero-order valence-corrected chi connectivity index (χ0v) is 94.1. The number of Topliss-reactive ketones (excluding diaryl/α,β-unsaturated/α-hetero) is 1. The van der Waals surface area contributed by atoms with E-state index in [0.717, 1.165) is 177 Å². The smallest absolute Gasteiger partial charge is 0.158 e. The Hall–Kier alpha value is -7.61. The maximum Gasteiger partial charge on any atom is 0.158 e. The first-order chi connectivity index (χ1) is 72.2. The van der Waals surface area contributed by atoms with Gasteiger partial charge in [-0.3, -0.25) is 4.79 Å². The molecule has 0 aliphatic heterocycles. The largest absolute Gasteiger partial charge is 0.493 e. The SMILES string of the molecule is C.C=C(CCC)c1cccc(OCC2CCCCC2)c1.CCCC(C)c1cccc(OCC2CCCCC2)c1.CCCC(CO)c1cccc(OCC2CCCCC2)c1.CCCC(O)(CO)c1cccc(OCC2CCCCC2)c1.CC[C@@H](C)[C@@H](O)c1cccc(OCC2CCCC2)c1.CC[C@H](C)[C@H](O)c1cccc(OCC2CCCCC2)c1.COCCOCCOCC(=O)CCCC(O)c1cccc(CCC2CCCCC2)c1. The number of hydrogen-bond donors (Lipinski definition) is 6. The first kappa shape index (κ1) is 128. The number of allylic oxidation sites excluding steroid dienone is 1. The lowest BCUT2D eigenvalue weighted by Gasteiger charge is -2.27. The van der Waals surface area contributed by atoms with E-state index in [4.69, 9.17) is 42.6 Å². The normalized spacial score (nSPS) is 17.8. The van der Waals surface area contributed by atoms with Crippen LogP contribution in [0.2, 0.25) is 0 Å². The van der Waals surface area contributed by atoms with Gasteiger partial charge in [-0.25, -0.2) is 0 Å². The highest BCUT2D eigenvalue weighted by atomic mass is 16.5. The predicted octanol–water partition coefficient (Wildman–Crippen LogP) is 33.5. The van der Waals surface area contributed by atoms with Crippen LogP contribution in [0.3, 0.4) is 0 Å². The van der Waals surface area contributed by atoms with Crippen LogP contribution in [0.1, 0.15) is 453 Å². The second-order valence-corrected chi connectivity index (χ2v) is 44.6. The first-order valence-electron chi connectivity index (χ1n) is 59.5. The van der Waals surface area contributed by atoms with E-state index in [9.17, 15) is 35.4 Å². The van der Waals surface area contributed by atoms with Crippen molar-refractivity contribution in [1.82, 2.24) is 0 Å². The highest BCUT2D eigenvalue weighted by Gasteiger charge is 2.30. The van der Waals surface area contributed by atoms with Crippen LogP contribution >= 0.6 is 0 Å². The predicted molar refractivity (Wildman–Crippen MR) is 619 cm³/mol. The topological polar surface area (TPSA) is 222 Å². The van der Waals surface area contributed by atoms with Crippen molar-refractivity contribution in [2.24, 2.45) is 53.3 Å². The third-order valence-electron chi connectivity index (χ3n) is 32.1. The molecular weight excluding hydrogens is 1850 g/mol. The quantitative estimate of drug-likeness (QED) is 0.0195. The van der Waals surface area contributed by atoms with E-state index in [-0.39, 0.29) is 56.9 Å². The van der Waals surface area contributed by atoms with E-state index in [0.29, 0.717) is 69.9 Å². The molecule has 0 radical (unpaired) electrons. The summed E-state index contributed by atoms with van der Waals surface area (Å²) >= 11 is 0. The Morgan fingerprint density at radius 3 is 1.15 bits per heavy atom. The molecule has 149 heavy (non-hydrogen) atoms. The van der Waals surface area contributed by atoms with Crippen LogP contribution in [0.25, 0.3) is 5.57 Å². The highest BCUT2D eigenvalue weighted by molar-refractivity contribution is 5.79. The Morgan fingerprint density at radius 2 is 0.745 bits per heavy atom. The van der Waals surface area contributed by atoms with E-state index >= 15 is 0 Å². The first-order valence-corrected chi connectivity index (χ1v) is 59.5. The molecule has 6 N–H and O–H groups in total. The second kappa shape index (κ2) is 77.7. The molecule has 0 saturated heterocycles. The van der Waals surface area contributed by atoms with Gasteiger partial charge in [-0.05, 0) is 310 Å². The van der Waals surface area contributed by atoms with Gasteiger partial charge >= 0.3 is 0 Å². The van der Waals surface area contributed by atoms with Gasteiger partial charge in [0.1, 0.15) is 46.7 Å². The molecule has 4 unspecified atom stereocenters. The third-order valence-corrected chi connectivity index (χ3v) is 32.1. The summed E-state index contributed by atoms with van der Waals surface area (Å²) in [6.07, 6.45) is 58.8. The standard InChI is InChI=1S/C25H40O5.C18H28O3.2C18H28O2.C18H28O.C18H26O.C17H26O2.CH4/c1-28-15-16-29-17-18-30-20-24(26)11-6-12-25(27)23-10-5-9-22(19-23)14-13-21-7-3-2-4-8-21;1-2-11-18(20,14-19)16-9-6-10-17(12-16)21-13-15-7-4-3-5-8-15;1-3-14(2)18(19)16-10-7-11-17(12-16)20-13-15-8-5-4-6-9-15;1-2-7-17(13-19)16-10-6-11-18(12-16)20-14-15-8-4-3-5-9-15;2*1-3-8-15(2)17-11-7-12-18(13-17)19-14-16-9-5-4-6-10-16;1-3-13(2)17(18)15-9-6-10-16(11-15)19-12-14-7-4-5-8-14;/h5,9-10,19,21,25,27H,2-4,6-8,11-18,20H2,1H3;6,9-10,12,15,19-20H,2-5,7-8,11,13-14H2,1H3;7,10-12,14-15,18-19H,3-6,8-9,13H2,1-2H3;6,10-12,15,17,19H,2-5,7-9,13-14H2,1H3;7,11-13,15-16H,3-6,8-10,14H2,1-2H3;7,11-13,16H,2-6,8-10,14H2,1H3;6,9-11,13-14,17-18H,3-5,7-8,12H2,1-2H3;1H4/t;;14-,18-;;;;13-,17-;/m..0...1./s1. The van der Waals surface area contributed by atoms with Crippen molar-refractivity contribution in [1.29, 1.82) is 0 Å². The van der Waals surface area contributed by atoms with E-state index in [1.807, 2.05) is 104 Å². The van der Waals surface area contributed by atoms with Gasteiger partial charge in [-0.15, -0.1) is 0 Å². The molecular formula is C133H208O16. The lowest BCUT2D eigenvalue weighted by atomic mass is 9.85. The van der Waals surface area contributed by atoms with Crippen molar-refractivity contribution in [3.8, 4) is 34.5 Å². The molecule has 0 amide bonds. The van der Waals surface area contributed by atoms with Crippen molar-refractivity contribution < 1.29 is 78.1 Å². The van der Waals surface area contributed by atoms with Crippen LogP contribution < -0.4 is 28.4 Å². The molecule has 0 heterocycles. The van der Waals surface area contributed by atoms with Gasteiger partial charge in [-0.1, -0.05) is 353 Å². The number of carbonyl (C=O) groups excluding carboxylic acids is 1. The van der Waals surface area contributed by atoms with Crippen molar-refractivity contribution in [2.45, 2.75) is 420 Å². The molecule has 16 nitrogen and oxygen atoms in total. The molecule has 7 aliphatic rings. The van der Waals surface area contributed by atoms with Gasteiger partial charge in [0, 0.05) is 26.1 Å². The van der Waals surface area contributed by atoms with E-state index in [2.05, 4.69) is 135 Å². The third kappa shape index (κ3) is 52.0. The number of aliphatic hydroxyl groups is 6. The molecule has 0 spiro atoms. The fraction of sp³-hybridized carbons (Fsp3) is 0.662. The van der Waals surface area contributed by atoms with Gasteiger partial charge in [0.25, 0.3) is 0 Å². The lowest BCUT2D eigenvalue weighted by Crippen LogP contribution is -2.30. The maximum atomic E-state index is 11.9. The summed E-state index contributed by atoms with van der Waals surface area (Å²) < 4.78 is 51.2. The number of hydrogen-bond acceptors (Lipinski definition) is 16. The summed E-state index contributed by atoms with van der Waals surface area (Å²) in [7, 11) is 1.63. The average Bonchev–Trinajstić information content (AvgIpc) is 1.39. The number of aryl methyl sites for hydroxylation is 1. The number of benzene rings is 7. The summed E-state index contributed by atoms with van der Waals surface area (Å²) in [4.78, 5) is 11.9. The van der Waals surface area contributed by atoms with Gasteiger partial charge in [0.15, 0.2) is 5.78 Å². The Morgan fingerprint density at radius 1 is 0.383 bits per heavy atom. The Labute approximate surface area is 905 Å². The summed E-state index contributed by atoms with van der Waals surface area (Å²) in [5.74, 6) is 12.4. The molecule has 7 aromatic rings. The zero-order chi connectivity index (χ0) is 106. The summed E-state index contributed by atoms with van der Waals surface area (Å²) in [6, 6.07) is 57.2. The zero-order valence-electron chi connectivity index (χ0n) is 94.1. The van der Waals surface area contributed by atoms with Crippen LogP contribution in [0.5, 0.6) is 34.5 Å². The van der Waals surface area contributed by atoms with Crippen LogP contribution in [0, 0.1) is 53.3 Å². The van der Waals surface area contributed by atoms with Gasteiger partial charge in [0.05, 0.1) is 91.0 Å². The molecule has 0 aromatic heterocycles. The van der Waals surface area contributed by atoms with Crippen molar-refractivity contribution in [3.63, 3.8) is 0 Å². The van der Waals surface area contributed by atoms with Gasteiger partial charge < -0.3 is 73.3 Å². The van der Waals surface area contributed by atoms with Crippen LogP contribution in [0.15, 0.2) is 176 Å². The molecule has 0 bridgehead atoms. The molecule has 7 aromatic carbocycles. The van der Waals surface area contributed by atoms with Crippen LogP contribution in [-0.4, -0.2) is 129 Å². The summed E-state index contributed by atoms with van der Waals surface area (Å²) in [5, 5.41) is 60.6. The summed E-state index contributed by atoms with van der Waals surface area (Å²) in [6.45, 7) is 30.5. The van der Waals surface area contributed by atoms with Crippen molar-refractivity contribution in [3.05, 3.63) is 221 Å². The Kier molecular flexibility index (Phi) is 66.9. The molecule has 7 saturated carbocycles. The number of ketones is 1. The molecule has 836 valence electrons. The second-order valence-electron chi connectivity index (χ2n) is 44.6. The molecule has 7 aliphatic carbocycles. The average molecular weight is 2060 g/mol. The van der Waals surface area contributed by atoms with Gasteiger partial charge in [-0.2, -0.15) is 0 Å². The number of rotatable bonds is 54. The van der Waals surface area contributed by atoms with Crippen molar-refractivity contribution >= 4 is 11.4 Å². The fourth-order valence-corrected chi connectivity index (χ4v) is 21.9. The summed E-state index contributed by atoms with van der Waals surface area (Å²) in [5.41, 5.74) is 8.88. The Balaban J connectivity index is 0.000000236. The number of methoxy groups -OCH3 is 1. The maximum absolute atomic E-state index is 11.9. The number of ether oxygens (including phenoxy) is 9. The number of aliphatic hydroxyl groups excluding tert-OH is 5. The Bertz CT molecular complexity index is 4460. The van der Waals surface area contributed by atoms with Crippen LogP contribution in [-0.2, 0) is 31.0 Å². The minimum absolute atomic E-state index is 0. The van der Waals surface area contributed by atoms with Crippen molar-refractivity contribution in [2.75, 3.05) is 93.0 Å². The van der Waals surface area contributed by atoms with E-state index in [1.165, 1.54) is 265 Å².